The molecule has 5 heteroatoms. The molecule has 0 fully saturated rings. The minimum Gasteiger partial charge on any atom is -0.461 e. The molecule has 3 heterocycles. The Morgan fingerprint density at radius 2 is 2.17 bits per heavy atom. The lowest BCUT2D eigenvalue weighted by Gasteiger charge is -2.16. The van der Waals surface area contributed by atoms with E-state index < -0.39 is 0 Å². The van der Waals surface area contributed by atoms with Crippen LogP contribution < -0.4 is 0 Å². The van der Waals surface area contributed by atoms with Crippen LogP contribution in [0.4, 0.5) is 0 Å². The zero-order valence-corrected chi connectivity index (χ0v) is 9.83. The van der Waals surface area contributed by atoms with Gasteiger partial charge in [-0.1, -0.05) is 0 Å². The van der Waals surface area contributed by atoms with E-state index in [-0.39, 0.29) is 0 Å². The van der Waals surface area contributed by atoms with E-state index in [1.807, 2.05) is 12.1 Å². The van der Waals surface area contributed by atoms with Crippen molar-refractivity contribution in [2.24, 2.45) is 0 Å². The lowest BCUT2D eigenvalue weighted by atomic mass is 9.97. The molecule has 0 radical (unpaired) electrons. The first-order chi connectivity index (χ1) is 8.93. The van der Waals surface area contributed by atoms with Crippen LogP contribution in [0.2, 0.25) is 0 Å². The molecule has 0 amide bonds. The summed E-state index contributed by atoms with van der Waals surface area (Å²) in [6, 6.07) is 3.76. The Hall–Kier alpha value is -2.17. The highest BCUT2D eigenvalue weighted by molar-refractivity contribution is 5.58. The van der Waals surface area contributed by atoms with Gasteiger partial charge >= 0.3 is 0 Å². The second-order valence-electron chi connectivity index (χ2n) is 4.54. The van der Waals surface area contributed by atoms with Crippen molar-refractivity contribution in [3.63, 3.8) is 0 Å². The van der Waals surface area contributed by atoms with Crippen molar-refractivity contribution >= 4 is 5.65 Å². The van der Waals surface area contributed by atoms with Crippen LogP contribution in [0.1, 0.15) is 24.1 Å². The molecule has 0 saturated carbocycles. The zero-order valence-electron chi connectivity index (χ0n) is 9.83. The molecule has 0 bridgehead atoms. The maximum absolute atomic E-state index is 5.44. The smallest absolute Gasteiger partial charge is 0.199 e. The fourth-order valence-electron chi connectivity index (χ4n) is 2.60. The van der Waals surface area contributed by atoms with E-state index in [1.54, 1.807) is 17.1 Å². The van der Waals surface area contributed by atoms with E-state index in [9.17, 15) is 0 Å². The van der Waals surface area contributed by atoms with Crippen molar-refractivity contribution in [1.29, 1.82) is 0 Å². The molecule has 0 spiro atoms. The predicted octanol–water partition coefficient (Wildman–Crippen LogP) is 2.26. The Balaban J connectivity index is 2.06. The molecule has 0 atom stereocenters. The summed E-state index contributed by atoms with van der Waals surface area (Å²) in [5, 5.41) is 4.27. The quantitative estimate of drug-likeness (QED) is 0.654. The van der Waals surface area contributed by atoms with Gasteiger partial charge in [-0.2, -0.15) is 9.61 Å². The van der Waals surface area contributed by atoms with E-state index >= 15 is 0 Å². The van der Waals surface area contributed by atoms with E-state index in [1.165, 1.54) is 18.4 Å². The Bertz CT molecular complexity index is 699. The second-order valence-corrected chi connectivity index (χ2v) is 4.54. The summed E-state index contributed by atoms with van der Waals surface area (Å²) in [7, 11) is 0. The maximum Gasteiger partial charge on any atom is 0.199 e. The van der Waals surface area contributed by atoms with Gasteiger partial charge in [0.1, 0.15) is 6.33 Å². The molecule has 0 saturated heterocycles. The van der Waals surface area contributed by atoms with Crippen LogP contribution in [0.15, 0.2) is 29.1 Å². The van der Waals surface area contributed by atoms with Gasteiger partial charge in [-0.25, -0.2) is 9.97 Å². The first-order valence-electron chi connectivity index (χ1n) is 6.19. The summed E-state index contributed by atoms with van der Waals surface area (Å²) in [6.07, 6.45) is 7.70. The summed E-state index contributed by atoms with van der Waals surface area (Å²) >= 11 is 0. The average Bonchev–Trinajstić information content (AvgIpc) is 3.09. The predicted molar refractivity (Wildman–Crippen MR) is 65.1 cm³/mol. The topological polar surface area (TPSA) is 56.2 Å². The summed E-state index contributed by atoms with van der Waals surface area (Å²) in [5.74, 6) is 1.48. The molecule has 0 aromatic carbocycles. The number of furan rings is 1. The molecule has 0 N–H and O–H groups in total. The molecule has 0 aliphatic heterocycles. The summed E-state index contributed by atoms with van der Waals surface area (Å²) in [4.78, 5) is 9.10. The SMILES string of the molecule is c1coc(-c2nc3c(c4ncnn24)CCCC3)c1. The van der Waals surface area contributed by atoms with Crippen molar-refractivity contribution in [1.82, 2.24) is 19.6 Å². The molecule has 1 aliphatic rings. The highest BCUT2D eigenvalue weighted by Gasteiger charge is 2.20. The largest absolute Gasteiger partial charge is 0.461 e. The van der Waals surface area contributed by atoms with E-state index in [0.717, 1.165) is 35.8 Å². The normalized spacial score (nSPS) is 14.9. The van der Waals surface area contributed by atoms with Gasteiger partial charge in [0.05, 0.1) is 6.26 Å². The van der Waals surface area contributed by atoms with Crippen molar-refractivity contribution < 1.29 is 4.42 Å². The lowest BCUT2D eigenvalue weighted by Crippen LogP contribution is -2.11. The van der Waals surface area contributed by atoms with Crippen molar-refractivity contribution in [2.45, 2.75) is 25.7 Å². The molecule has 3 aromatic heterocycles. The van der Waals surface area contributed by atoms with Gasteiger partial charge in [-0.15, -0.1) is 0 Å². The monoisotopic (exact) mass is 240 g/mol. The van der Waals surface area contributed by atoms with Gasteiger partial charge in [-0.3, -0.25) is 0 Å². The van der Waals surface area contributed by atoms with Crippen LogP contribution in [0, 0.1) is 0 Å². The van der Waals surface area contributed by atoms with Gasteiger partial charge in [0.25, 0.3) is 0 Å². The van der Waals surface area contributed by atoms with Gasteiger partial charge in [0.15, 0.2) is 17.2 Å². The minimum absolute atomic E-state index is 0.735. The number of fused-ring (bicyclic) bond motifs is 3. The molecule has 0 unspecified atom stereocenters. The van der Waals surface area contributed by atoms with E-state index in [4.69, 9.17) is 9.40 Å². The Morgan fingerprint density at radius 3 is 3.06 bits per heavy atom. The van der Waals surface area contributed by atoms with Gasteiger partial charge in [-0.05, 0) is 37.8 Å². The summed E-state index contributed by atoms with van der Waals surface area (Å²) in [6.45, 7) is 0. The molecule has 5 nitrogen and oxygen atoms in total. The highest BCUT2D eigenvalue weighted by Crippen LogP contribution is 2.27. The Kier molecular flexibility index (Phi) is 2.00. The van der Waals surface area contributed by atoms with Crippen LogP contribution in [0.3, 0.4) is 0 Å². The third-order valence-corrected chi connectivity index (χ3v) is 3.44. The van der Waals surface area contributed by atoms with Crippen LogP contribution in [0.5, 0.6) is 0 Å². The number of aryl methyl sites for hydroxylation is 2. The molecule has 3 aromatic rings. The lowest BCUT2D eigenvalue weighted by molar-refractivity contribution is 0.571. The van der Waals surface area contributed by atoms with E-state index in [0.29, 0.717) is 0 Å². The number of hydrogen-bond donors (Lipinski definition) is 0. The molecular weight excluding hydrogens is 228 g/mol. The van der Waals surface area contributed by atoms with Crippen molar-refractivity contribution in [2.75, 3.05) is 0 Å². The third kappa shape index (κ3) is 1.30. The van der Waals surface area contributed by atoms with E-state index in [2.05, 4.69) is 10.1 Å². The summed E-state index contributed by atoms with van der Waals surface area (Å²) < 4.78 is 7.22. The molecular formula is C13H12N4O. The Morgan fingerprint density at radius 1 is 1.22 bits per heavy atom. The Labute approximate surface area is 103 Å². The van der Waals surface area contributed by atoms with Crippen LogP contribution in [-0.2, 0) is 12.8 Å². The van der Waals surface area contributed by atoms with Gasteiger partial charge < -0.3 is 4.42 Å². The fraction of sp³-hybridized carbons (Fsp3) is 0.308. The molecule has 90 valence electrons. The van der Waals surface area contributed by atoms with Crippen LogP contribution >= 0.6 is 0 Å². The zero-order chi connectivity index (χ0) is 11.9. The average molecular weight is 240 g/mol. The van der Waals surface area contributed by atoms with Crippen molar-refractivity contribution in [3.05, 3.63) is 36.0 Å². The molecule has 18 heavy (non-hydrogen) atoms. The second kappa shape index (κ2) is 3.66. The number of aromatic nitrogens is 4. The van der Waals surface area contributed by atoms with Crippen molar-refractivity contribution in [3.8, 4) is 11.6 Å². The summed E-state index contributed by atoms with van der Waals surface area (Å²) in [5.41, 5.74) is 3.31. The minimum atomic E-state index is 0.735. The first-order valence-corrected chi connectivity index (χ1v) is 6.19. The standard InChI is InChI=1S/C13H12N4O/c1-2-5-10-9(4-1)12-14-8-15-17(12)13(16-10)11-6-3-7-18-11/h3,6-8H,1-2,4-5H2. The number of nitrogens with zero attached hydrogens (tertiary/aromatic N) is 4. The number of hydrogen-bond acceptors (Lipinski definition) is 4. The van der Waals surface area contributed by atoms with Gasteiger partial charge in [0, 0.05) is 11.3 Å². The van der Waals surface area contributed by atoms with Crippen LogP contribution in [-0.4, -0.2) is 19.6 Å². The third-order valence-electron chi connectivity index (χ3n) is 3.44. The fourth-order valence-corrected chi connectivity index (χ4v) is 2.60. The first kappa shape index (κ1) is 9.82. The maximum atomic E-state index is 5.44. The number of rotatable bonds is 1. The highest BCUT2D eigenvalue weighted by atomic mass is 16.3. The van der Waals surface area contributed by atoms with Gasteiger partial charge in [0.2, 0.25) is 0 Å². The molecule has 4 rings (SSSR count). The molecule has 1 aliphatic carbocycles. The van der Waals surface area contributed by atoms with Crippen LogP contribution in [0.25, 0.3) is 17.2 Å².